The zero-order chi connectivity index (χ0) is 13.4. The molecule has 2 heterocycles. The second kappa shape index (κ2) is 5.46. The van der Waals surface area contributed by atoms with Crippen molar-refractivity contribution in [2.45, 2.75) is 49.7 Å². The van der Waals surface area contributed by atoms with Crippen LogP contribution in [0.4, 0.5) is 0 Å². The average Bonchev–Trinajstić information content (AvgIpc) is 3.11. The van der Waals surface area contributed by atoms with Gasteiger partial charge >= 0.3 is 0 Å². The highest BCUT2D eigenvalue weighted by atomic mass is 32.2. The molecule has 1 aliphatic heterocycles. The lowest BCUT2D eigenvalue weighted by Crippen LogP contribution is -2.43. The highest BCUT2D eigenvalue weighted by Crippen LogP contribution is 2.39. The molecule has 1 saturated heterocycles. The van der Waals surface area contributed by atoms with Gasteiger partial charge in [-0.1, -0.05) is 12.5 Å². The van der Waals surface area contributed by atoms with Gasteiger partial charge in [0.15, 0.2) is 0 Å². The van der Waals surface area contributed by atoms with E-state index >= 15 is 0 Å². The molecule has 0 radical (unpaired) electrons. The summed E-state index contributed by atoms with van der Waals surface area (Å²) in [7, 11) is 0. The number of thioether (sulfide) groups is 1. The zero-order valence-corrected chi connectivity index (χ0v) is 13.0. The fourth-order valence-electron chi connectivity index (χ4n) is 3.26. The van der Waals surface area contributed by atoms with Crippen LogP contribution in [0.25, 0.3) is 0 Å². The normalized spacial score (nSPS) is 35.3. The third-order valence-corrected chi connectivity index (χ3v) is 6.28. The van der Waals surface area contributed by atoms with Crippen LogP contribution in [-0.2, 0) is 4.79 Å². The molecule has 0 aromatic carbocycles. The molecular weight excluding hydrogens is 276 g/mol. The van der Waals surface area contributed by atoms with Crippen molar-refractivity contribution in [1.29, 1.82) is 0 Å². The van der Waals surface area contributed by atoms with Crippen LogP contribution in [0.2, 0.25) is 0 Å². The molecule has 1 N–H and O–H groups in total. The molecule has 1 saturated carbocycles. The number of nitrogens with one attached hydrogen (secondary N) is 1. The first kappa shape index (κ1) is 13.5. The molecule has 1 aromatic rings. The Bertz CT molecular complexity index is 448. The standard InChI is InChI=1S/C14H20N2OS2/c1-9-14(17)16(10-5-3-6-11(10)18-2)13(15-9)12-7-4-8-19-12/h4,7-11,13,15H,3,5-6H2,1-2H3. The first-order chi connectivity index (χ1) is 9.22. The van der Waals surface area contributed by atoms with Gasteiger partial charge in [-0.15, -0.1) is 11.3 Å². The summed E-state index contributed by atoms with van der Waals surface area (Å²) in [5.74, 6) is 0.268. The van der Waals surface area contributed by atoms with Crippen molar-refractivity contribution < 1.29 is 4.79 Å². The molecule has 4 atom stereocenters. The van der Waals surface area contributed by atoms with Crippen molar-refractivity contribution >= 4 is 29.0 Å². The van der Waals surface area contributed by atoms with E-state index in [-0.39, 0.29) is 18.1 Å². The second-order valence-electron chi connectivity index (χ2n) is 5.32. The molecule has 2 fully saturated rings. The Labute approximate surface area is 122 Å². The summed E-state index contributed by atoms with van der Waals surface area (Å²) in [6.45, 7) is 1.98. The van der Waals surface area contributed by atoms with Crippen LogP contribution in [0.5, 0.6) is 0 Å². The molecule has 1 aliphatic carbocycles. The molecule has 4 unspecified atom stereocenters. The van der Waals surface area contributed by atoms with Crippen molar-refractivity contribution in [3.8, 4) is 0 Å². The first-order valence-electron chi connectivity index (χ1n) is 6.87. The Hall–Kier alpha value is -0.520. The third-order valence-electron chi connectivity index (χ3n) is 4.20. The second-order valence-corrected chi connectivity index (χ2v) is 7.38. The maximum Gasteiger partial charge on any atom is 0.241 e. The predicted octanol–water partition coefficient (Wildman–Crippen LogP) is 2.85. The van der Waals surface area contributed by atoms with E-state index in [4.69, 9.17) is 0 Å². The van der Waals surface area contributed by atoms with Crippen LogP contribution in [-0.4, -0.2) is 34.4 Å². The lowest BCUT2D eigenvalue weighted by Gasteiger charge is -2.33. The number of amides is 1. The summed E-state index contributed by atoms with van der Waals surface area (Å²) < 4.78 is 0. The lowest BCUT2D eigenvalue weighted by molar-refractivity contribution is -0.131. The molecule has 1 aromatic heterocycles. The Kier molecular flexibility index (Phi) is 3.87. The molecule has 0 spiro atoms. The average molecular weight is 296 g/mol. The van der Waals surface area contributed by atoms with E-state index in [2.05, 4.69) is 34.0 Å². The molecule has 2 aliphatic rings. The van der Waals surface area contributed by atoms with Crippen molar-refractivity contribution in [2.75, 3.05) is 6.26 Å². The molecule has 19 heavy (non-hydrogen) atoms. The third kappa shape index (κ3) is 2.32. The smallest absolute Gasteiger partial charge is 0.241 e. The van der Waals surface area contributed by atoms with Crippen molar-refractivity contribution in [3.05, 3.63) is 22.4 Å². The first-order valence-corrected chi connectivity index (χ1v) is 9.03. The monoisotopic (exact) mass is 296 g/mol. The van der Waals surface area contributed by atoms with E-state index in [0.29, 0.717) is 11.3 Å². The number of rotatable bonds is 3. The van der Waals surface area contributed by atoms with E-state index in [0.717, 1.165) is 6.42 Å². The summed E-state index contributed by atoms with van der Waals surface area (Å²) in [5.41, 5.74) is 0. The topological polar surface area (TPSA) is 32.3 Å². The minimum atomic E-state index is -0.0600. The largest absolute Gasteiger partial charge is 0.317 e. The minimum absolute atomic E-state index is 0.0600. The quantitative estimate of drug-likeness (QED) is 0.931. The number of hydrogen-bond acceptors (Lipinski definition) is 4. The summed E-state index contributed by atoms with van der Waals surface area (Å²) in [5, 5.41) is 6.14. The number of carbonyl (C=O) groups excluding carboxylic acids is 1. The van der Waals surface area contributed by atoms with Gasteiger partial charge in [0.05, 0.1) is 6.04 Å². The van der Waals surface area contributed by atoms with Gasteiger partial charge in [-0.3, -0.25) is 10.1 Å². The van der Waals surface area contributed by atoms with Gasteiger partial charge in [-0.05, 0) is 37.5 Å². The Morgan fingerprint density at radius 3 is 3.00 bits per heavy atom. The number of hydrogen-bond donors (Lipinski definition) is 1. The van der Waals surface area contributed by atoms with Gasteiger partial charge in [0.2, 0.25) is 5.91 Å². The molecule has 3 rings (SSSR count). The maximum absolute atomic E-state index is 12.5. The molecular formula is C14H20N2OS2. The van der Waals surface area contributed by atoms with Gasteiger partial charge in [0, 0.05) is 16.2 Å². The summed E-state index contributed by atoms with van der Waals surface area (Å²) >= 11 is 3.64. The van der Waals surface area contributed by atoms with Crippen LogP contribution in [0.3, 0.4) is 0 Å². The van der Waals surface area contributed by atoms with Gasteiger partial charge in [0.25, 0.3) is 0 Å². The molecule has 104 valence electrons. The summed E-state index contributed by atoms with van der Waals surface area (Å²) in [6.07, 6.45) is 5.88. The van der Waals surface area contributed by atoms with E-state index in [1.807, 2.05) is 18.7 Å². The fourth-order valence-corrected chi connectivity index (χ4v) is 5.03. The SMILES string of the molecule is CSC1CCCC1N1C(=O)C(C)NC1c1cccs1. The molecule has 1 amide bonds. The molecule has 5 heteroatoms. The number of thiophene rings is 1. The van der Waals surface area contributed by atoms with Crippen LogP contribution in [0.15, 0.2) is 17.5 Å². The molecule has 3 nitrogen and oxygen atoms in total. The van der Waals surface area contributed by atoms with Crippen molar-refractivity contribution in [3.63, 3.8) is 0 Å². The van der Waals surface area contributed by atoms with Crippen molar-refractivity contribution in [2.24, 2.45) is 0 Å². The lowest BCUT2D eigenvalue weighted by atomic mass is 10.2. The van der Waals surface area contributed by atoms with Gasteiger partial charge < -0.3 is 4.90 Å². The zero-order valence-electron chi connectivity index (χ0n) is 11.3. The Balaban J connectivity index is 1.89. The van der Waals surface area contributed by atoms with Crippen LogP contribution in [0.1, 0.15) is 37.2 Å². The van der Waals surface area contributed by atoms with E-state index in [1.165, 1.54) is 17.7 Å². The van der Waals surface area contributed by atoms with Gasteiger partial charge in [-0.25, -0.2) is 0 Å². The van der Waals surface area contributed by atoms with E-state index < -0.39 is 0 Å². The number of carbonyl (C=O) groups is 1. The van der Waals surface area contributed by atoms with Gasteiger partial charge in [-0.2, -0.15) is 11.8 Å². The van der Waals surface area contributed by atoms with E-state index in [9.17, 15) is 4.79 Å². The van der Waals surface area contributed by atoms with E-state index in [1.54, 1.807) is 11.3 Å². The summed E-state index contributed by atoms with van der Waals surface area (Å²) in [6, 6.07) is 4.53. The molecule has 0 bridgehead atoms. The maximum atomic E-state index is 12.5. The van der Waals surface area contributed by atoms with Crippen LogP contribution >= 0.6 is 23.1 Å². The Morgan fingerprint density at radius 2 is 2.32 bits per heavy atom. The minimum Gasteiger partial charge on any atom is -0.317 e. The Morgan fingerprint density at radius 1 is 1.47 bits per heavy atom. The highest BCUT2D eigenvalue weighted by molar-refractivity contribution is 7.99. The summed E-state index contributed by atoms with van der Waals surface area (Å²) in [4.78, 5) is 15.9. The van der Waals surface area contributed by atoms with Crippen molar-refractivity contribution in [1.82, 2.24) is 10.2 Å². The van der Waals surface area contributed by atoms with Crippen LogP contribution in [0, 0.1) is 0 Å². The highest BCUT2D eigenvalue weighted by Gasteiger charge is 2.45. The number of nitrogens with zero attached hydrogens (tertiary/aromatic N) is 1. The predicted molar refractivity (Wildman–Crippen MR) is 81.4 cm³/mol. The van der Waals surface area contributed by atoms with Crippen LogP contribution < -0.4 is 5.32 Å². The van der Waals surface area contributed by atoms with Gasteiger partial charge in [0.1, 0.15) is 6.17 Å². The fraction of sp³-hybridized carbons (Fsp3) is 0.643.